The minimum atomic E-state index is -0.950. The highest BCUT2D eigenvalue weighted by molar-refractivity contribution is 6.18. The second-order valence-electron chi connectivity index (χ2n) is 24.8. The number of aliphatic hydroxyl groups excluding tert-OH is 2. The molecule has 6 heterocycles. The van der Waals surface area contributed by atoms with Gasteiger partial charge in [-0.2, -0.15) is 9.97 Å². The SMILES string of the molecule is C[C@H](O)CN/C=C\C(=N)c1cc(O[C@@H](C)[C@@H]2CCCN2C)nc(-c2onc3c2CCC[C@@]32CCC(CC(C)(C)OC(=O)Nc3ccc(-c4cc(O[C@@H](C)[C@@H]5CCCN5C)nc(/C(O)=C5\CCC[C@@]6(CCCCC6=O)C5=N)n4)cn3)CC2=O)n1. The van der Waals surface area contributed by atoms with Crippen LogP contribution < -0.4 is 20.1 Å². The number of aromatic nitrogens is 6. The largest absolute Gasteiger partial charge is 0.504 e. The van der Waals surface area contributed by atoms with Crippen molar-refractivity contribution in [3.8, 4) is 34.6 Å². The van der Waals surface area contributed by atoms with E-state index in [1.807, 2.05) is 27.7 Å². The number of Topliss-reactive ketones (excluding diaryl/α,β-unsaturated/α-hetero) is 2. The summed E-state index contributed by atoms with van der Waals surface area (Å²) < 4.78 is 25.1. The third kappa shape index (κ3) is 12.8. The Labute approximate surface area is 485 Å². The molecule has 21 nitrogen and oxygen atoms in total. The number of aliphatic hydroxyl groups is 2. The number of hydrogen-bond donors (Lipinski definition) is 6. The number of ether oxygens (including phenoxy) is 3. The molecule has 8 atom stereocenters. The van der Waals surface area contributed by atoms with Crippen molar-refractivity contribution in [1.29, 1.82) is 10.8 Å². The molecule has 0 radical (unpaired) electrons. The zero-order valence-corrected chi connectivity index (χ0v) is 49.2. The minimum absolute atomic E-state index is 0.000324. The average Bonchev–Trinajstić information content (AvgIpc) is 2.31. The number of pyridine rings is 1. The van der Waals surface area contributed by atoms with Crippen LogP contribution in [0.1, 0.15) is 167 Å². The van der Waals surface area contributed by atoms with Crippen molar-refractivity contribution in [2.75, 3.05) is 39.0 Å². The van der Waals surface area contributed by atoms with Gasteiger partial charge >= 0.3 is 6.09 Å². The van der Waals surface area contributed by atoms with E-state index in [-0.39, 0.29) is 88.7 Å². The second kappa shape index (κ2) is 24.7. The first-order valence-corrected chi connectivity index (χ1v) is 30.0. The maximum absolute atomic E-state index is 14.6. The molecule has 4 aromatic rings. The van der Waals surface area contributed by atoms with Crippen molar-refractivity contribution in [2.24, 2.45) is 11.3 Å². The summed E-state index contributed by atoms with van der Waals surface area (Å²) in [5, 5.41) is 50.1. The van der Waals surface area contributed by atoms with Crippen molar-refractivity contribution < 1.29 is 43.3 Å². The van der Waals surface area contributed by atoms with Crippen molar-refractivity contribution in [1.82, 2.24) is 45.2 Å². The predicted molar refractivity (Wildman–Crippen MR) is 313 cm³/mol. The summed E-state index contributed by atoms with van der Waals surface area (Å²) in [7, 11) is 4.17. The van der Waals surface area contributed by atoms with Crippen LogP contribution in [0.3, 0.4) is 0 Å². The first kappa shape index (κ1) is 59.2. The van der Waals surface area contributed by atoms with Crippen LogP contribution in [-0.2, 0) is 26.2 Å². The third-order valence-corrected chi connectivity index (χ3v) is 18.3. The molecule has 1 amide bonds. The first-order chi connectivity index (χ1) is 39.7. The normalized spacial score (nSPS) is 26.0. The standard InChI is InChI=1S/C62H82N12O9/c1-36(75)34-65-27-22-43(63)45-32-52(81-38(3)47-17-13-29-74(47)7)71-58(68-45)54-42-15-11-25-62(56(42)72-83-54)26-21-39(30-49(62)77)33-60(4,5)82-59(79)69-50-20-19-40(35-66-50)44-31-51(80-37(2)46-16-12-28-73(46)6)70-57(67-44)53(78)41-14-10-24-61(55(41)64)23-9-8-18-48(61)76/h19-20,22,27,31-32,35-39,46-47,63-65,75,78H,8-18,21,23-26,28-30,33-34H2,1-7H3,(H,66,69,79)/b27-22-,53-41-,63-43?,64-55?/t36-,37-,38-,39?,46-,47-,61+,62-/m0/s1. The zero-order chi connectivity index (χ0) is 58.8. The smallest absolute Gasteiger partial charge is 0.413 e. The number of rotatable bonds is 18. The van der Waals surface area contributed by atoms with Gasteiger partial charge in [0.15, 0.2) is 11.6 Å². The second-order valence-corrected chi connectivity index (χ2v) is 24.8. The summed E-state index contributed by atoms with van der Waals surface area (Å²) in [4.78, 5) is 69.7. The van der Waals surface area contributed by atoms with Crippen LogP contribution >= 0.6 is 0 Å². The van der Waals surface area contributed by atoms with E-state index >= 15 is 0 Å². The maximum atomic E-state index is 14.6. The number of likely N-dealkylation sites (tertiary alicyclic amines) is 2. The van der Waals surface area contributed by atoms with Crippen LogP contribution in [0.5, 0.6) is 11.8 Å². The van der Waals surface area contributed by atoms with Gasteiger partial charge in [0, 0.05) is 66.5 Å². The topological polar surface area (TPSA) is 288 Å². The van der Waals surface area contributed by atoms with E-state index < -0.39 is 28.6 Å². The van der Waals surface area contributed by atoms with E-state index in [2.05, 4.69) is 44.7 Å². The molecule has 2 saturated heterocycles. The number of ketones is 2. The number of likely N-dealkylation sites (N-methyl/N-ethyl adjacent to an activating group) is 2. The Hall–Kier alpha value is -6.97. The monoisotopic (exact) mass is 1140 g/mol. The fraction of sp³-hybridized carbons (Fsp3) is 0.597. The molecule has 10 rings (SSSR count). The van der Waals surface area contributed by atoms with Crippen molar-refractivity contribution in [3.63, 3.8) is 0 Å². The Morgan fingerprint density at radius 1 is 0.867 bits per heavy atom. The van der Waals surface area contributed by atoms with Gasteiger partial charge in [-0.1, -0.05) is 11.6 Å². The van der Waals surface area contributed by atoms with Gasteiger partial charge in [0.1, 0.15) is 40.9 Å². The highest BCUT2D eigenvalue weighted by Gasteiger charge is 2.51. The predicted octanol–water partition coefficient (Wildman–Crippen LogP) is 9.52. The van der Waals surface area contributed by atoms with Crippen molar-refractivity contribution in [2.45, 2.75) is 192 Å². The molecule has 21 heteroatoms. The lowest BCUT2D eigenvalue weighted by molar-refractivity contribution is -0.130. The van der Waals surface area contributed by atoms with Crippen LogP contribution in [-0.4, -0.2) is 149 Å². The fourth-order valence-electron chi connectivity index (χ4n) is 14.0. The lowest BCUT2D eigenvalue weighted by Crippen LogP contribution is -2.45. The number of nitrogens with one attached hydrogen (secondary N) is 4. The Bertz CT molecular complexity index is 3150. The van der Waals surface area contributed by atoms with Gasteiger partial charge in [-0.05, 0) is 188 Å². The van der Waals surface area contributed by atoms with E-state index in [1.165, 1.54) is 0 Å². The van der Waals surface area contributed by atoms with Gasteiger partial charge in [0.2, 0.25) is 23.3 Å². The average molecular weight is 1140 g/mol. The number of carbonyl (C=O) groups is 3. The summed E-state index contributed by atoms with van der Waals surface area (Å²) in [6.07, 6.45) is 15.5. The molecule has 4 aromatic heterocycles. The molecule has 5 fully saturated rings. The Morgan fingerprint density at radius 3 is 2.23 bits per heavy atom. The lowest BCUT2D eigenvalue weighted by atomic mass is 9.61. The molecule has 83 heavy (non-hydrogen) atoms. The summed E-state index contributed by atoms with van der Waals surface area (Å²) in [6.45, 7) is 11.7. The Morgan fingerprint density at radius 2 is 1.57 bits per heavy atom. The number of carbonyl (C=O) groups excluding carboxylic acids is 3. The van der Waals surface area contributed by atoms with Gasteiger partial charge in [-0.15, -0.1) is 0 Å². The number of allylic oxidation sites excluding steroid dienone is 2. The highest BCUT2D eigenvalue weighted by atomic mass is 16.6. The van der Waals surface area contributed by atoms with Gasteiger partial charge in [0.25, 0.3) is 0 Å². The Kier molecular flexibility index (Phi) is 17.6. The lowest BCUT2D eigenvalue weighted by Gasteiger charge is -2.41. The maximum Gasteiger partial charge on any atom is 0.413 e. The summed E-state index contributed by atoms with van der Waals surface area (Å²) in [5.74, 6) is 1.22. The van der Waals surface area contributed by atoms with E-state index in [9.17, 15) is 30.0 Å². The van der Waals surface area contributed by atoms with E-state index in [0.717, 1.165) is 63.6 Å². The molecule has 2 aliphatic heterocycles. The van der Waals surface area contributed by atoms with Gasteiger partial charge in [-0.25, -0.2) is 19.7 Å². The van der Waals surface area contributed by atoms with Gasteiger partial charge in [0.05, 0.1) is 39.7 Å². The van der Waals surface area contributed by atoms with E-state index in [4.69, 9.17) is 44.1 Å². The van der Waals surface area contributed by atoms with E-state index in [1.54, 1.807) is 49.7 Å². The van der Waals surface area contributed by atoms with Gasteiger partial charge in [-0.3, -0.25) is 30.1 Å². The summed E-state index contributed by atoms with van der Waals surface area (Å²) in [5.41, 5.74) is 0.666. The minimum Gasteiger partial charge on any atom is -0.504 e. The van der Waals surface area contributed by atoms with Crippen LogP contribution in [0.4, 0.5) is 10.6 Å². The first-order valence-electron chi connectivity index (χ1n) is 30.0. The molecular weight excluding hydrogens is 1060 g/mol. The molecule has 3 saturated carbocycles. The fourth-order valence-corrected chi connectivity index (χ4v) is 14.0. The molecule has 1 unspecified atom stereocenters. The quantitative estimate of drug-likeness (QED) is 0.0399. The molecule has 444 valence electrons. The number of anilines is 1. The molecule has 0 aromatic carbocycles. The summed E-state index contributed by atoms with van der Waals surface area (Å²) in [6, 6.07) is 7.12. The number of amides is 1. The zero-order valence-electron chi connectivity index (χ0n) is 49.2. The van der Waals surface area contributed by atoms with Crippen LogP contribution in [0.25, 0.3) is 28.6 Å². The van der Waals surface area contributed by atoms with Crippen LogP contribution in [0.2, 0.25) is 0 Å². The number of nitrogens with zero attached hydrogens (tertiary/aromatic N) is 8. The number of hydrogen-bond acceptors (Lipinski definition) is 20. The molecule has 4 aliphatic carbocycles. The van der Waals surface area contributed by atoms with Crippen LogP contribution in [0, 0.1) is 22.2 Å². The third-order valence-electron chi connectivity index (χ3n) is 18.3. The van der Waals surface area contributed by atoms with Crippen LogP contribution in [0.15, 0.2) is 52.8 Å². The molecule has 6 aliphatic rings. The molecule has 2 spiro atoms. The highest BCUT2D eigenvalue weighted by Crippen LogP contribution is 2.50. The van der Waals surface area contributed by atoms with Crippen molar-refractivity contribution >= 4 is 40.7 Å². The summed E-state index contributed by atoms with van der Waals surface area (Å²) >= 11 is 0. The molecule has 6 N–H and O–H groups in total. The van der Waals surface area contributed by atoms with Gasteiger partial charge < -0.3 is 39.7 Å². The Balaban J connectivity index is 0.804. The van der Waals surface area contributed by atoms with Crippen molar-refractivity contribution in [3.05, 3.63) is 71.1 Å². The molecule has 0 bridgehead atoms. The molecular formula is C62H82N12O9. The van der Waals surface area contributed by atoms with E-state index in [0.29, 0.717) is 111 Å². The number of fused-ring (bicyclic) bond motifs is 2.